The molecule has 0 amide bonds. The number of aromatic nitrogens is 3. The fraction of sp³-hybridized carbons (Fsp3) is 0.429. The number of nitrogens with one attached hydrogen (secondary N) is 1. The molecule has 0 aliphatic carbocycles. The smallest absolute Gasteiger partial charge is 0.0679 e. The van der Waals surface area contributed by atoms with E-state index in [-0.39, 0.29) is 0 Å². The van der Waals surface area contributed by atoms with Gasteiger partial charge >= 0.3 is 0 Å². The maximum Gasteiger partial charge on any atom is 0.0679 e. The average molecular weight is 244 g/mol. The van der Waals surface area contributed by atoms with Crippen LogP contribution in [0.5, 0.6) is 0 Å². The Hall–Kier alpha value is -1.68. The van der Waals surface area contributed by atoms with E-state index < -0.39 is 0 Å². The topological polar surface area (TPSA) is 42.7 Å². The van der Waals surface area contributed by atoms with E-state index in [1.807, 2.05) is 23.9 Å². The molecular weight excluding hydrogens is 224 g/mol. The molecule has 0 saturated carbocycles. The third-order valence-corrected chi connectivity index (χ3v) is 3.20. The first-order valence-electron chi connectivity index (χ1n) is 6.34. The fourth-order valence-electron chi connectivity index (χ4n) is 2.22. The maximum atomic E-state index is 4.63. The maximum absolute atomic E-state index is 4.63. The quantitative estimate of drug-likeness (QED) is 0.818. The zero-order valence-electron chi connectivity index (χ0n) is 11.3. The Morgan fingerprint density at radius 2 is 1.94 bits per heavy atom. The van der Waals surface area contributed by atoms with Crippen LogP contribution in [0.1, 0.15) is 23.4 Å². The Labute approximate surface area is 108 Å². The lowest BCUT2D eigenvalue weighted by molar-refractivity contribution is 0.720. The first kappa shape index (κ1) is 12.8. The molecule has 1 N–H and O–H groups in total. The van der Waals surface area contributed by atoms with Crippen LogP contribution in [0.25, 0.3) is 5.69 Å². The van der Waals surface area contributed by atoms with Crippen molar-refractivity contribution in [3.05, 3.63) is 41.5 Å². The molecule has 2 aromatic heterocycles. The van der Waals surface area contributed by atoms with Gasteiger partial charge in [-0.1, -0.05) is 0 Å². The van der Waals surface area contributed by atoms with Crippen molar-refractivity contribution in [2.24, 2.45) is 0 Å². The summed E-state index contributed by atoms with van der Waals surface area (Å²) in [6.07, 6.45) is 5.81. The average Bonchev–Trinajstić information content (AvgIpc) is 2.68. The molecule has 0 saturated heterocycles. The molecule has 4 heteroatoms. The minimum absolute atomic E-state index is 1.04. The molecule has 0 bridgehead atoms. The Kier molecular flexibility index (Phi) is 4.10. The summed E-state index contributed by atoms with van der Waals surface area (Å²) in [5.41, 5.74) is 4.79. The third-order valence-electron chi connectivity index (χ3n) is 3.20. The highest BCUT2D eigenvalue weighted by Gasteiger charge is 2.11. The summed E-state index contributed by atoms with van der Waals surface area (Å²) in [5.74, 6) is 0. The van der Waals surface area contributed by atoms with Gasteiger partial charge in [-0.2, -0.15) is 5.10 Å². The number of nitrogens with zero attached hydrogens (tertiary/aromatic N) is 3. The second-order valence-corrected chi connectivity index (χ2v) is 4.47. The van der Waals surface area contributed by atoms with E-state index >= 15 is 0 Å². The van der Waals surface area contributed by atoms with Gasteiger partial charge in [-0.3, -0.25) is 4.98 Å². The molecule has 0 atom stereocenters. The van der Waals surface area contributed by atoms with Gasteiger partial charge in [0.15, 0.2) is 0 Å². The molecule has 2 aromatic rings. The monoisotopic (exact) mass is 244 g/mol. The number of rotatable bonds is 5. The van der Waals surface area contributed by atoms with Crippen LogP contribution in [-0.2, 0) is 6.42 Å². The molecule has 0 radical (unpaired) electrons. The van der Waals surface area contributed by atoms with E-state index in [0.717, 1.165) is 30.8 Å². The summed E-state index contributed by atoms with van der Waals surface area (Å²) >= 11 is 0. The normalized spacial score (nSPS) is 10.8. The number of hydrogen-bond donors (Lipinski definition) is 1. The van der Waals surface area contributed by atoms with E-state index in [0.29, 0.717) is 0 Å². The fourth-order valence-corrected chi connectivity index (χ4v) is 2.22. The van der Waals surface area contributed by atoms with Gasteiger partial charge in [0.05, 0.1) is 11.4 Å². The van der Waals surface area contributed by atoms with Gasteiger partial charge in [0.25, 0.3) is 0 Å². The first-order valence-corrected chi connectivity index (χ1v) is 6.34. The number of hydrogen-bond acceptors (Lipinski definition) is 3. The van der Waals surface area contributed by atoms with E-state index in [1.165, 1.54) is 11.3 Å². The summed E-state index contributed by atoms with van der Waals surface area (Å²) in [6.45, 7) is 5.26. The summed E-state index contributed by atoms with van der Waals surface area (Å²) in [5, 5.41) is 7.81. The van der Waals surface area contributed by atoms with Crippen molar-refractivity contribution in [2.45, 2.75) is 26.7 Å². The van der Waals surface area contributed by atoms with Gasteiger partial charge in [-0.15, -0.1) is 0 Å². The molecule has 18 heavy (non-hydrogen) atoms. The molecule has 0 unspecified atom stereocenters. The van der Waals surface area contributed by atoms with Crippen LogP contribution in [0.4, 0.5) is 0 Å². The van der Waals surface area contributed by atoms with Crippen molar-refractivity contribution < 1.29 is 0 Å². The van der Waals surface area contributed by atoms with Crippen LogP contribution in [0.15, 0.2) is 24.5 Å². The summed E-state index contributed by atoms with van der Waals surface area (Å²) in [7, 11) is 1.99. The lowest BCUT2D eigenvalue weighted by Crippen LogP contribution is -2.09. The standard InChI is InChI=1S/C14H20N4/c1-11-14(5-4-8-15-3)12(2)18(17-11)13-6-9-16-10-7-13/h6-7,9-10,15H,4-5,8H2,1-3H3. The molecule has 96 valence electrons. The minimum Gasteiger partial charge on any atom is -0.320 e. The minimum atomic E-state index is 1.04. The predicted octanol–water partition coefficient (Wildman–Crippen LogP) is 2.04. The van der Waals surface area contributed by atoms with Gasteiger partial charge < -0.3 is 5.32 Å². The molecule has 2 heterocycles. The highest BCUT2D eigenvalue weighted by atomic mass is 15.3. The Morgan fingerprint density at radius 1 is 1.22 bits per heavy atom. The van der Waals surface area contributed by atoms with Crippen LogP contribution >= 0.6 is 0 Å². The molecular formula is C14H20N4. The predicted molar refractivity (Wildman–Crippen MR) is 73.1 cm³/mol. The molecule has 0 aromatic carbocycles. The van der Waals surface area contributed by atoms with Gasteiger partial charge in [0.2, 0.25) is 0 Å². The highest BCUT2D eigenvalue weighted by molar-refractivity contribution is 5.35. The second kappa shape index (κ2) is 5.78. The van der Waals surface area contributed by atoms with Crippen LogP contribution in [0.2, 0.25) is 0 Å². The Balaban J connectivity index is 2.26. The van der Waals surface area contributed by atoms with Crippen LogP contribution in [-0.4, -0.2) is 28.4 Å². The molecule has 0 fully saturated rings. The molecule has 4 nitrogen and oxygen atoms in total. The van der Waals surface area contributed by atoms with Crippen molar-refractivity contribution in [1.82, 2.24) is 20.1 Å². The van der Waals surface area contributed by atoms with Crippen LogP contribution < -0.4 is 5.32 Å². The highest BCUT2D eigenvalue weighted by Crippen LogP contribution is 2.18. The zero-order chi connectivity index (χ0) is 13.0. The van der Waals surface area contributed by atoms with Crippen molar-refractivity contribution in [3.63, 3.8) is 0 Å². The van der Waals surface area contributed by atoms with Crippen molar-refractivity contribution in [3.8, 4) is 5.69 Å². The van der Waals surface area contributed by atoms with Crippen molar-refractivity contribution >= 4 is 0 Å². The summed E-state index contributed by atoms with van der Waals surface area (Å²) in [6, 6.07) is 3.97. The van der Waals surface area contributed by atoms with Crippen molar-refractivity contribution in [2.75, 3.05) is 13.6 Å². The second-order valence-electron chi connectivity index (χ2n) is 4.47. The SMILES string of the molecule is CNCCCc1c(C)nn(-c2ccncc2)c1C. The van der Waals surface area contributed by atoms with Crippen molar-refractivity contribution in [1.29, 1.82) is 0 Å². The zero-order valence-corrected chi connectivity index (χ0v) is 11.3. The summed E-state index contributed by atoms with van der Waals surface area (Å²) in [4.78, 5) is 4.04. The Morgan fingerprint density at radius 3 is 2.61 bits per heavy atom. The van der Waals surface area contributed by atoms with Crippen LogP contribution in [0.3, 0.4) is 0 Å². The summed E-state index contributed by atoms with van der Waals surface area (Å²) < 4.78 is 2.01. The first-order chi connectivity index (χ1) is 8.74. The Bertz CT molecular complexity index is 502. The van der Waals surface area contributed by atoms with Gasteiger partial charge in [-0.25, -0.2) is 4.68 Å². The third kappa shape index (κ3) is 2.59. The number of aryl methyl sites for hydroxylation is 1. The van der Waals surface area contributed by atoms with Crippen LogP contribution in [0, 0.1) is 13.8 Å². The number of pyridine rings is 1. The van der Waals surface area contributed by atoms with Gasteiger partial charge in [-0.05, 0) is 58.0 Å². The molecule has 0 aliphatic rings. The van der Waals surface area contributed by atoms with E-state index in [2.05, 4.69) is 29.2 Å². The molecule has 0 spiro atoms. The van der Waals surface area contributed by atoms with E-state index in [4.69, 9.17) is 0 Å². The van der Waals surface area contributed by atoms with Gasteiger partial charge in [0, 0.05) is 18.1 Å². The molecule has 2 rings (SSSR count). The van der Waals surface area contributed by atoms with E-state index in [1.54, 1.807) is 12.4 Å². The molecule has 0 aliphatic heterocycles. The van der Waals surface area contributed by atoms with Gasteiger partial charge in [0.1, 0.15) is 0 Å². The largest absolute Gasteiger partial charge is 0.320 e. The lowest BCUT2D eigenvalue weighted by Gasteiger charge is -2.05. The van der Waals surface area contributed by atoms with E-state index in [9.17, 15) is 0 Å². The lowest BCUT2D eigenvalue weighted by atomic mass is 10.1.